The predicted octanol–water partition coefficient (Wildman–Crippen LogP) is 2.10. The molecule has 2 heterocycles. The zero-order valence-electron chi connectivity index (χ0n) is 8.03. The summed E-state index contributed by atoms with van der Waals surface area (Å²) in [6.45, 7) is 4.11. The fourth-order valence-corrected chi connectivity index (χ4v) is 2.84. The number of hydrogen-bond acceptors (Lipinski definition) is 4. The van der Waals surface area contributed by atoms with Crippen LogP contribution in [0.5, 0.6) is 0 Å². The van der Waals surface area contributed by atoms with E-state index in [9.17, 15) is 0 Å². The van der Waals surface area contributed by atoms with Gasteiger partial charge in [0.25, 0.3) is 0 Å². The number of thioether (sulfide) groups is 1. The lowest BCUT2D eigenvalue weighted by Gasteiger charge is -2.27. The third-order valence-electron chi connectivity index (χ3n) is 2.13. The molecule has 14 heavy (non-hydrogen) atoms. The standard InChI is InChI=1S/C9H12BrN3S/c1-7-11-8(10)6-9(12-7)13-2-4-14-5-3-13/h6H,2-5H2,1H3. The van der Waals surface area contributed by atoms with Gasteiger partial charge < -0.3 is 4.90 Å². The van der Waals surface area contributed by atoms with Crippen molar-refractivity contribution in [2.45, 2.75) is 6.92 Å². The molecule has 0 aliphatic carbocycles. The van der Waals surface area contributed by atoms with E-state index in [4.69, 9.17) is 0 Å². The summed E-state index contributed by atoms with van der Waals surface area (Å²) in [5.41, 5.74) is 0. The summed E-state index contributed by atoms with van der Waals surface area (Å²) in [4.78, 5) is 11.0. The van der Waals surface area contributed by atoms with E-state index in [1.807, 2.05) is 24.8 Å². The van der Waals surface area contributed by atoms with Crippen molar-refractivity contribution >= 4 is 33.5 Å². The van der Waals surface area contributed by atoms with Crippen LogP contribution in [0.2, 0.25) is 0 Å². The molecular weight excluding hydrogens is 262 g/mol. The van der Waals surface area contributed by atoms with Gasteiger partial charge in [0.2, 0.25) is 0 Å². The van der Waals surface area contributed by atoms with Gasteiger partial charge >= 0.3 is 0 Å². The molecule has 1 aromatic heterocycles. The van der Waals surface area contributed by atoms with Gasteiger partial charge in [-0.05, 0) is 22.9 Å². The number of aryl methyl sites for hydroxylation is 1. The molecule has 0 aromatic carbocycles. The molecule has 0 amide bonds. The molecule has 0 atom stereocenters. The molecule has 1 fully saturated rings. The molecular formula is C9H12BrN3S. The number of aromatic nitrogens is 2. The van der Waals surface area contributed by atoms with Crippen molar-refractivity contribution in [3.63, 3.8) is 0 Å². The first-order valence-electron chi connectivity index (χ1n) is 4.59. The molecule has 0 N–H and O–H groups in total. The maximum Gasteiger partial charge on any atom is 0.133 e. The van der Waals surface area contributed by atoms with Crippen LogP contribution in [0.15, 0.2) is 10.7 Å². The molecule has 76 valence electrons. The van der Waals surface area contributed by atoms with E-state index >= 15 is 0 Å². The summed E-state index contributed by atoms with van der Waals surface area (Å²) in [5, 5.41) is 0. The summed E-state index contributed by atoms with van der Waals surface area (Å²) in [5.74, 6) is 4.26. The SMILES string of the molecule is Cc1nc(Br)cc(N2CCSCC2)n1. The average molecular weight is 274 g/mol. The molecule has 3 nitrogen and oxygen atoms in total. The Morgan fingerprint density at radius 2 is 2.07 bits per heavy atom. The van der Waals surface area contributed by atoms with E-state index in [1.54, 1.807) is 0 Å². The molecule has 1 saturated heterocycles. The van der Waals surface area contributed by atoms with Crippen LogP contribution in [0.3, 0.4) is 0 Å². The molecule has 0 unspecified atom stereocenters. The van der Waals surface area contributed by atoms with Gasteiger partial charge in [0, 0.05) is 30.7 Å². The summed E-state index contributed by atoms with van der Waals surface area (Å²) >= 11 is 5.40. The Hall–Kier alpha value is -0.290. The van der Waals surface area contributed by atoms with Crippen LogP contribution in [0.1, 0.15) is 5.82 Å². The van der Waals surface area contributed by atoms with Gasteiger partial charge in [0.05, 0.1) is 0 Å². The highest BCUT2D eigenvalue weighted by atomic mass is 79.9. The molecule has 0 saturated carbocycles. The molecule has 2 rings (SSSR count). The van der Waals surface area contributed by atoms with Crippen LogP contribution >= 0.6 is 27.7 Å². The quantitative estimate of drug-likeness (QED) is 0.733. The number of halogens is 1. The van der Waals surface area contributed by atoms with Gasteiger partial charge in [-0.25, -0.2) is 9.97 Å². The van der Waals surface area contributed by atoms with Crippen molar-refractivity contribution in [2.75, 3.05) is 29.5 Å². The van der Waals surface area contributed by atoms with Gasteiger partial charge in [-0.1, -0.05) is 0 Å². The summed E-state index contributed by atoms with van der Waals surface area (Å²) in [7, 11) is 0. The maximum atomic E-state index is 4.43. The van der Waals surface area contributed by atoms with Gasteiger partial charge in [-0.15, -0.1) is 0 Å². The Morgan fingerprint density at radius 1 is 1.36 bits per heavy atom. The molecule has 1 aromatic rings. The Morgan fingerprint density at radius 3 is 2.71 bits per heavy atom. The summed E-state index contributed by atoms with van der Waals surface area (Å²) in [6.07, 6.45) is 0. The van der Waals surface area contributed by atoms with E-state index in [0.717, 1.165) is 29.3 Å². The van der Waals surface area contributed by atoms with Crippen LogP contribution in [-0.4, -0.2) is 34.6 Å². The van der Waals surface area contributed by atoms with Crippen molar-refractivity contribution < 1.29 is 0 Å². The molecule has 0 spiro atoms. The largest absolute Gasteiger partial charge is 0.355 e. The smallest absolute Gasteiger partial charge is 0.133 e. The minimum absolute atomic E-state index is 0.826. The molecule has 0 bridgehead atoms. The predicted molar refractivity (Wildman–Crippen MR) is 64.0 cm³/mol. The maximum absolute atomic E-state index is 4.43. The summed E-state index contributed by atoms with van der Waals surface area (Å²) in [6, 6.07) is 1.99. The van der Waals surface area contributed by atoms with Crippen LogP contribution in [0.25, 0.3) is 0 Å². The van der Waals surface area contributed by atoms with Crippen molar-refractivity contribution in [1.82, 2.24) is 9.97 Å². The van der Waals surface area contributed by atoms with Crippen molar-refractivity contribution in [3.05, 3.63) is 16.5 Å². The lowest BCUT2D eigenvalue weighted by Crippen LogP contribution is -2.33. The van der Waals surface area contributed by atoms with Crippen LogP contribution in [0.4, 0.5) is 5.82 Å². The Kier molecular flexibility index (Phi) is 3.28. The molecule has 1 aliphatic heterocycles. The molecule has 0 radical (unpaired) electrons. The number of hydrogen-bond donors (Lipinski definition) is 0. The van der Waals surface area contributed by atoms with E-state index in [0.29, 0.717) is 0 Å². The molecule has 1 aliphatic rings. The van der Waals surface area contributed by atoms with E-state index in [1.165, 1.54) is 11.5 Å². The Balaban J connectivity index is 2.21. The molecule has 5 heteroatoms. The minimum Gasteiger partial charge on any atom is -0.355 e. The first kappa shape index (κ1) is 10.2. The third-order valence-corrected chi connectivity index (χ3v) is 3.48. The fourth-order valence-electron chi connectivity index (χ4n) is 1.47. The van der Waals surface area contributed by atoms with Gasteiger partial charge in [-0.3, -0.25) is 0 Å². The first-order valence-corrected chi connectivity index (χ1v) is 6.54. The third kappa shape index (κ3) is 2.39. The zero-order chi connectivity index (χ0) is 9.97. The highest BCUT2D eigenvalue weighted by molar-refractivity contribution is 9.10. The Labute approximate surface area is 96.4 Å². The first-order chi connectivity index (χ1) is 6.75. The van der Waals surface area contributed by atoms with E-state index in [-0.39, 0.29) is 0 Å². The van der Waals surface area contributed by atoms with Gasteiger partial charge in [0.15, 0.2) is 0 Å². The highest BCUT2D eigenvalue weighted by Gasteiger charge is 2.13. The fraction of sp³-hybridized carbons (Fsp3) is 0.556. The van der Waals surface area contributed by atoms with Crippen LogP contribution in [-0.2, 0) is 0 Å². The van der Waals surface area contributed by atoms with Gasteiger partial charge in [-0.2, -0.15) is 11.8 Å². The normalized spacial score (nSPS) is 17.1. The van der Waals surface area contributed by atoms with Gasteiger partial charge in [0.1, 0.15) is 16.2 Å². The second-order valence-corrected chi connectivity index (χ2v) is 5.23. The van der Waals surface area contributed by atoms with E-state index < -0.39 is 0 Å². The summed E-state index contributed by atoms with van der Waals surface area (Å²) < 4.78 is 0.873. The monoisotopic (exact) mass is 273 g/mol. The zero-order valence-corrected chi connectivity index (χ0v) is 10.4. The highest BCUT2D eigenvalue weighted by Crippen LogP contribution is 2.19. The number of anilines is 1. The van der Waals surface area contributed by atoms with Crippen molar-refractivity contribution in [2.24, 2.45) is 0 Å². The van der Waals surface area contributed by atoms with Crippen LogP contribution < -0.4 is 4.90 Å². The number of nitrogens with zero attached hydrogens (tertiary/aromatic N) is 3. The van der Waals surface area contributed by atoms with Crippen molar-refractivity contribution in [1.29, 1.82) is 0 Å². The average Bonchev–Trinajstić information content (AvgIpc) is 2.18. The van der Waals surface area contributed by atoms with E-state index in [2.05, 4.69) is 30.8 Å². The minimum atomic E-state index is 0.826. The lowest BCUT2D eigenvalue weighted by atomic mass is 10.4. The Bertz CT molecular complexity index is 306. The van der Waals surface area contributed by atoms with Crippen LogP contribution in [0, 0.1) is 6.92 Å². The lowest BCUT2D eigenvalue weighted by molar-refractivity contribution is 0.826. The topological polar surface area (TPSA) is 29.0 Å². The second-order valence-electron chi connectivity index (χ2n) is 3.20. The second kappa shape index (κ2) is 4.49. The van der Waals surface area contributed by atoms with Crippen molar-refractivity contribution in [3.8, 4) is 0 Å². The number of rotatable bonds is 1.